The van der Waals surface area contributed by atoms with Crippen LogP contribution in [0.1, 0.15) is 335 Å². The number of rotatable bonds is 56. The molecule has 0 bridgehead atoms. The average Bonchev–Trinajstić information content (AvgIpc) is 3.32. The van der Waals surface area contributed by atoms with E-state index in [0.29, 0.717) is 12.8 Å². The lowest BCUT2D eigenvalue weighted by molar-refractivity contribution is -0.132. The predicted molar refractivity (Wildman–Crippen MR) is 288 cm³/mol. The molecule has 0 rings (SSSR count). The molecule has 5 N–H and O–H groups in total. The van der Waals surface area contributed by atoms with Crippen LogP contribution < -0.4 is 5.32 Å². The standard InChI is InChI=1S/C60H119NO5/c1-3-5-7-9-11-13-15-17-19-20-21-22-23-24-25-26-27-28-29-30-31-32-33-34-35-36-37-38-39-40-42-44-46-48-50-52-54-58(64)60(66)61-56(55-62)59(65)57(63)53-51-49-47-45-43-41-18-16-14-12-10-8-6-4-2/h28-29,56-59,62-65H,3-27,30-55H2,1-2H3,(H,61,66)/b29-28-. The van der Waals surface area contributed by atoms with E-state index >= 15 is 0 Å². The van der Waals surface area contributed by atoms with Crippen molar-refractivity contribution < 1.29 is 25.2 Å². The summed E-state index contributed by atoms with van der Waals surface area (Å²) < 4.78 is 0. The highest BCUT2D eigenvalue weighted by Gasteiger charge is 2.28. The molecule has 4 atom stereocenters. The molecule has 0 aliphatic rings. The number of amides is 1. The zero-order valence-electron chi connectivity index (χ0n) is 44.7. The van der Waals surface area contributed by atoms with E-state index in [1.807, 2.05) is 0 Å². The van der Waals surface area contributed by atoms with Crippen molar-refractivity contribution in [3.63, 3.8) is 0 Å². The molecule has 6 heteroatoms. The van der Waals surface area contributed by atoms with Gasteiger partial charge in [-0.1, -0.05) is 309 Å². The van der Waals surface area contributed by atoms with Gasteiger partial charge >= 0.3 is 0 Å². The van der Waals surface area contributed by atoms with E-state index in [1.54, 1.807) is 0 Å². The van der Waals surface area contributed by atoms with Crippen molar-refractivity contribution in [3.05, 3.63) is 12.2 Å². The quantitative estimate of drug-likeness (QED) is 0.0308. The molecule has 66 heavy (non-hydrogen) atoms. The van der Waals surface area contributed by atoms with Crippen LogP contribution in [0.2, 0.25) is 0 Å². The Morgan fingerprint density at radius 2 is 0.606 bits per heavy atom. The van der Waals surface area contributed by atoms with Crippen molar-refractivity contribution in [3.8, 4) is 0 Å². The number of carbonyl (C=O) groups is 1. The first-order valence-corrected chi connectivity index (χ1v) is 30.1. The summed E-state index contributed by atoms with van der Waals surface area (Å²) in [6, 6.07) is -0.982. The largest absolute Gasteiger partial charge is 0.394 e. The van der Waals surface area contributed by atoms with E-state index in [-0.39, 0.29) is 0 Å². The third-order valence-electron chi connectivity index (χ3n) is 14.5. The summed E-state index contributed by atoms with van der Waals surface area (Å²) in [7, 11) is 0. The molecule has 0 spiro atoms. The van der Waals surface area contributed by atoms with Gasteiger partial charge in [-0.25, -0.2) is 0 Å². The molecule has 0 fully saturated rings. The maximum absolute atomic E-state index is 12.6. The molecule has 0 heterocycles. The van der Waals surface area contributed by atoms with Gasteiger partial charge in [0.05, 0.1) is 18.8 Å². The monoisotopic (exact) mass is 934 g/mol. The second-order valence-corrected chi connectivity index (χ2v) is 21.1. The van der Waals surface area contributed by atoms with Crippen LogP contribution in [-0.2, 0) is 4.79 Å². The minimum absolute atomic E-state index is 0.374. The van der Waals surface area contributed by atoms with E-state index in [2.05, 4.69) is 31.3 Å². The molecule has 0 aromatic carbocycles. The zero-order valence-corrected chi connectivity index (χ0v) is 44.7. The number of hydrogen-bond donors (Lipinski definition) is 5. The van der Waals surface area contributed by atoms with Crippen LogP contribution in [0.3, 0.4) is 0 Å². The number of carbonyl (C=O) groups excluding carboxylic acids is 1. The van der Waals surface area contributed by atoms with Gasteiger partial charge in [-0.15, -0.1) is 0 Å². The van der Waals surface area contributed by atoms with E-state index in [0.717, 1.165) is 38.5 Å². The van der Waals surface area contributed by atoms with Crippen LogP contribution in [-0.4, -0.2) is 57.3 Å². The van der Waals surface area contributed by atoms with Crippen LogP contribution in [0.4, 0.5) is 0 Å². The predicted octanol–water partition coefficient (Wildman–Crippen LogP) is 17.6. The minimum atomic E-state index is -1.26. The fraction of sp³-hybridized carbons (Fsp3) is 0.950. The second kappa shape index (κ2) is 55.0. The molecular weight excluding hydrogens is 815 g/mol. The number of nitrogens with one attached hydrogen (secondary N) is 1. The summed E-state index contributed by atoms with van der Waals surface area (Å²) in [5.41, 5.74) is 0. The number of hydrogen-bond acceptors (Lipinski definition) is 5. The Bertz CT molecular complexity index is 959. The summed E-state index contributed by atoms with van der Waals surface area (Å²) in [5, 5.41) is 43.9. The van der Waals surface area contributed by atoms with Crippen LogP contribution in [0, 0.1) is 0 Å². The van der Waals surface area contributed by atoms with Crippen molar-refractivity contribution in [2.75, 3.05) is 6.61 Å². The van der Waals surface area contributed by atoms with Gasteiger partial charge in [0.1, 0.15) is 12.2 Å². The van der Waals surface area contributed by atoms with Crippen molar-refractivity contribution >= 4 is 5.91 Å². The minimum Gasteiger partial charge on any atom is -0.394 e. The van der Waals surface area contributed by atoms with Gasteiger partial charge in [0.25, 0.3) is 0 Å². The summed E-state index contributed by atoms with van der Waals surface area (Å²) in [4.78, 5) is 12.6. The van der Waals surface area contributed by atoms with Crippen molar-refractivity contribution in [1.29, 1.82) is 0 Å². The van der Waals surface area contributed by atoms with E-state index in [9.17, 15) is 25.2 Å². The van der Waals surface area contributed by atoms with Crippen molar-refractivity contribution in [2.45, 2.75) is 359 Å². The van der Waals surface area contributed by atoms with E-state index in [1.165, 1.54) is 270 Å². The summed E-state index contributed by atoms with van der Waals surface area (Å²) in [5.74, 6) is -0.578. The van der Waals surface area contributed by atoms with Gasteiger partial charge in [-0.2, -0.15) is 0 Å². The van der Waals surface area contributed by atoms with Crippen LogP contribution in [0.15, 0.2) is 12.2 Å². The normalized spacial score (nSPS) is 13.7. The topological polar surface area (TPSA) is 110 Å². The van der Waals surface area contributed by atoms with E-state index < -0.39 is 36.9 Å². The average molecular weight is 935 g/mol. The van der Waals surface area contributed by atoms with E-state index in [4.69, 9.17) is 0 Å². The molecular formula is C60H119NO5. The third kappa shape index (κ3) is 48.1. The molecule has 4 unspecified atom stereocenters. The van der Waals surface area contributed by atoms with Gasteiger partial charge in [-0.3, -0.25) is 4.79 Å². The van der Waals surface area contributed by atoms with Gasteiger partial charge in [0, 0.05) is 0 Å². The Balaban J connectivity index is 3.50. The highest BCUT2D eigenvalue weighted by molar-refractivity contribution is 5.80. The summed E-state index contributed by atoms with van der Waals surface area (Å²) in [6.45, 7) is 4.08. The molecule has 0 saturated heterocycles. The third-order valence-corrected chi connectivity index (χ3v) is 14.5. The molecule has 6 nitrogen and oxygen atoms in total. The first kappa shape index (κ1) is 65.0. The first-order valence-electron chi connectivity index (χ1n) is 30.1. The molecule has 0 saturated carbocycles. The Morgan fingerprint density at radius 1 is 0.364 bits per heavy atom. The maximum atomic E-state index is 12.6. The van der Waals surface area contributed by atoms with Gasteiger partial charge in [-0.05, 0) is 38.5 Å². The Hall–Kier alpha value is -0.950. The smallest absolute Gasteiger partial charge is 0.249 e. The zero-order chi connectivity index (χ0) is 48.1. The highest BCUT2D eigenvalue weighted by atomic mass is 16.3. The first-order chi connectivity index (χ1) is 32.5. The van der Waals surface area contributed by atoms with Crippen LogP contribution in [0.5, 0.6) is 0 Å². The SMILES string of the molecule is CCCCCCCCCCCCCCCCCC/C=C\CCCCCCCCCCCCCCCCCCC(O)C(=O)NC(CO)C(O)C(O)CCCCCCCCCCCCCCCC. The lowest BCUT2D eigenvalue weighted by atomic mass is 9.99. The molecule has 0 aromatic rings. The van der Waals surface area contributed by atoms with Crippen molar-refractivity contribution in [1.82, 2.24) is 5.32 Å². The molecule has 0 aliphatic heterocycles. The maximum Gasteiger partial charge on any atom is 0.249 e. The Morgan fingerprint density at radius 3 is 0.879 bits per heavy atom. The Labute approximate surface area is 412 Å². The molecule has 0 aliphatic carbocycles. The lowest BCUT2D eigenvalue weighted by Crippen LogP contribution is -2.53. The molecule has 394 valence electrons. The number of aliphatic hydroxyl groups excluding tert-OH is 4. The van der Waals surface area contributed by atoms with Crippen molar-refractivity contribution in [2.24, 2.45) is 0 Å². The second-order valence-electron chi connectivity index (χ2n) is 21.1. The molecule has 0 radical (unpaired) electrons. The molecule has 0 aromatic heterocycles. The highest BCUT2D eigenvalue weighted by Crippen LogP contribution is 2.19. The fourth-order valence-corrected chi connectivity index (χ4v) is 9.76. The number of aliphatic hydroxyl groups is 4. The summed E-state index contributed by atoms with van der Waals surface area (Å²) >= 11 is 0. The summed E-state index contributed by atoms with van der Waals surface area (Å²) in [6.07, 6.45) is 66.0. The van der Waals surface area contributed by atoms with Crippen LogP contribution in [0.25, 0.3) is 0 Å². The fourth-order valence-electron chi connectivity index (χ4n) is 9.76. The molecule has 1 amide bonds. The number of allylic oxidation sites excluding steroid dienone is 2. The van der Waals surface area contributed by atoms with Gasteiger partial charge in [0.2, 0.25) is 5.91 Å². The number of unbranched alkanes of at least 4 members (excludes halogenated alkanes) is 45. The lowest BCUT2D eigenvalue weighted by Gasteiger charge is -2.27. The van der Waals surface area contributed by atoms with Gasteiger partial charge in [0.15, 0.2) is 0 Å². The Kier molecular flexibility index (Phi) is 54.2. The van der Waals surface area contributed by atoms with Gasteiger partial charge < -0.3 is 25.7 Å². The van der Waals surface area contributed by atoms with Crippen LogP contribution >= 0.6 is 0 Å².